The third-order valence-electron chi connectivity index (χ3n) is 8.03. The summed E-state index contributed by atoms with van der Waals surface area (Å²) in [4.78, 5) is 30.0. The van der Waals surface area contributed by atoms with E-state index in [2.05, 4.69) is 15.4 Å². The number of fused-ring (bicyclic) bond motifs is 1. The molecule has 2 amide bonds. The molecule has 0 radical (unpaired) electrons. The molecule has 3 heterocycles. The fourth-order valence-electron chi connectivity index (χ4n) is 5.38. The number of carbonyl (C=O) groups is 2. The second-order valence-corrected chi connectivity index (χ2v) is 13.4. The Bertz CT molecular complexity index is 1370. The van der Waals surface area contributed by atoms with Crippen LogP contribution in [0, 0.1) is 19.8 Å². The Morgan fingerprint density at radius 2 is 1.98 bits per heavy atom. The number of aromatic nitrogens is 1. The third kappa shape index (κ3) is 7.92. The summed E-state index contributed by atoms with van der Waals surface area (Å²) in [5.74, 6) is -0.0172. The second-order valence-electron chi connectivity index (χ2n) is 11.4. The van der Waals surface area contributed by atoms with E-state index in [-0.39, 0.29) is 60.2 Å². The van der Waals surface area contributed by atoms with Gasteiger partial charge in [0.05, 0.1) is 38.8 Å². The number of carbonyl (C=O) groups excluding carboxylic acids is 2. The Labute approximate surface area is 253 Å². The van der Waals surface area contributed by atoms with Crippen LogP contribution >= 0.6 is 0 Å². The van der Waals surface area contributed by atoms with Crippen molar-refractivity contribution in [2.75, 3.05) is 64.9 Å². The van der Waals surface area contributed by atoms with Crippen LogP contribution in [0.3, 0.4) is 0 Å². The number of amides is 2. The number of anilines is 1. The first-order valence-electron chi connectivity index (χ1n) is 14.6. The minimum Gasteiger partial charge on any atom is -0.488 e. The smallest absolute Gasteiger partial charge is 0.248 e. The van der Waals surface area contributed by atoms with E-state index in [9.17, 15) is 23.1 Å². The zero-order valence-corrected chi connectivity index (χ0v) is 26.4. The van der Waals surface area contributed by atoms with Gasteiger partial charge in [0.15, 0.2) is 5.76 Å². The number of sulfonamides is 1. The van der Waals surface area contributed by atoms with E-state index < -0.39 is 22.2 Å². The number of ether oxygens (including phenoxy) is 2. The minimum atomic E-state index is -3.95. The van der Waals surface area contributed by atoms with E-state index in [1.54, 1.807) is 43.9 Å². The van der Waals surface area contributed by atoms with Crippen molar-refractivity contribution < 1.29 is 37.1 Å². The summed E-state index contributed by atoms with van der Waals surface area (Å²) < 4.78 is 45.1. The van der Waals surface area contributed by atoms with E-state index >= 15 is 0 Å². The molecule has 1 saturated heterocycles. The van der Waals surface area contributed by atoms with Gasteiger partial charge < -0.3 is 29.3 Å². The van der Waals surface area contributed by atoms with Crippen molar-refractivity contribution in [3.05, 3.63) is 35.2 Å². The molecule has 43 heavy (non-hydrogen) atoms. The van der Waals surface area contributed by atoms with Crippen molar-refractivity contribution >= 4 is 27.5 Å². The maximum absolute atomic E-state index is 13.5. The number of nitrogens with one attached hydrogen (secondary N) is 1. The highest BCUT2D eigenvalue weighted by molar-refractivity contribution is 7.89. The van der Waals surface area contributed by atoms with Gasteiger partial charge in [0, 0.05) is 56.8 Å². The van der Waals surface area contributed by atoms with E-state index in [1.807, 2.05) is 6.92 Å². The number of hydrogen-bond donors (Lipinski definition) is 2. The van der Waals surface area contributed by atoms with Gasteiger partial charge in [-0.2, -0.15) is 4.31 Å². The molecule has 238 valence electrons. The Hall–Kier alpha value is -3.04. The molecule has 13 nitrogen and oxygen atoms in total. The van der Waals surface area contributed by atoms with Gasteiger partial charge in [0.2, 0.25) is 21.8 Å². The lowest BCUT2D eigenvalue weighted by Crippen LogP contribution is -2.48. The zero-order chi connectivity index (χ0) is 31.3. The van der Waals surface area contributed by atoms with Gasteiger partial charge in [-0.1, -0.05) is 12.1 Å². The van der Waals surface area contributed by atoms with Crippen LogP contribution in [0.5, 0.6) is 5.75 Å². The first-order chi connectivity index (χ1) is 20.4. The molecule has 2 N–H and O–H groups in total. The maximum Gasteiger partial charge on any atom is 0.248 e. The van der Waals surface area contributed by atoms with Crippen LogP contribution in [-0.2, 0) is 30.8 Å². The van der Waals surface area contributed by atoms with Gasteiger partial charge >= 0.3 is 0 Å². The summed E-state index contributed by atoms with van der Waals surface area (Å²) in [6.45, 7) is 10.3. The number of aliphatic hydroxyl groups excluding tert-OH is 1. The average molecular weight is 622 g/mol. The molecule has 2 aliphatic rings. The molecule has 0 saturated carbocycles. The molecule has 1 aromatic carbocycles. The molecule has 0 spiro atoms. The number of benzene rings is 1. The van der Waals surface area contributed by atoms with Gasteiger partial charge in [-0.05, 0) is 39.0 Å². The summed E-state index contributed by atoms with van der Waals surface area (Å²) in [5.41, 5.74) is 1.36. The Balaban J connectivity index is 1.57. The molecule has 0 aliphatic carbocycles. The predicted molar refractivity (Wildman–Crippen MR) is 158 cm³/mol. The van der Waals surface area contributed by atoms with E-state index in [1.165, 1.54) is 11.4 Å². The molecule has 2 aliphatic heterocycles. The monoisotopic (exact) mass is 621 g/mol. The summed E-state index contributed by atoms with van der Waals surface area (Å²) in [6, 6.07) is 4.69. The van der Waals surface area contributed by atoms with Crippen molar-refractivity contribution in [3.8, 4) is 5.75 Å². The Morgan fingerprint density at radius 3 is 2.63 bits per heavy atom. The highest BCUT2D eigenvalue weighted by Gasteiger charge is 2.35. The molecule has 0 bridgehead atoms. The average Bonchev–Trinajstić information content (AvgIpc) is 3.34. The summed E-state index contributed by atoms with van der Waals surface area (Å²) >= 11 is 0. The van der Waals surface area contributed by atoms with Crippen LogP contribution in [0.4, 0.5) is 5.69 Å². The van der Waals surface area contributed by atoms with Crippen molar-refractivity contribution in [2.45, 2.75) is 57.6 Å². The van der Waals surface area contributed by atoms with Crippen molar-refractivity contribution in [2.24, 2.45) is 5.92 Å². The van der Waals surface area contributed by atoms with E-state index in [0.717, 1.165) is 13.1 Å². The largest absolute Gasteiger partial charge is 0.488 e. The molecular weight excluding hydrogens is 578 g/mol. The molecule has 3 atom stereocenters. The van der Waals surface area contributed by atoms with Crippen LogP contribution in [-0.4, -0.2) is 116 Å². The number of hydrogen-bond acceptors (Lipinski definition) is 10. The molecule has 1 fully saturated rings. The van der Waals surface area contributed by atoms with Crippen LogP contribution in [0.1, 0.15) is 37.3 Å². The van der Waals surface area contributed by atoms with E-state index in [4.69, 9.17) is 14.0 Å². The summed E-state index contributed by atoms with van der Waals surface area (Å²) in [5, 5.41) is 16.6. The quantitative estimate of drug-likeness (QED) is 0.398. The number of nitrogens with zero attached hydrogens (tertiary/aromatic N) is 4. The first-order valence-corrected chi connectivity index (χ1v) is 16.0. The highest BCUT2D eigenvalue weighted by Crippen LogP contribution is 2.30. The van der Waals surface area contributed by atoms with Crippen molar-refractivity contribution in [1.29, 1.82) is 0 Å². The number of aliphatic hydroxyl groups is 1. The molecule has 14 heteroatoms. The lowest BCUT2D eigenvalue weighted by Gasteiger charge is -2.33. The lowest BCUT2D eigenvalue weighted by atomic mass is 10.0. The normalized spacial score (nSPS) is 21.0. The Morgan fingerprint density at radius 1 is 1.26 bits per heavy atom. The van der Waals surface area contributed by atoms with Crippen LogP contribution in [0.25, 0.3) is 0 Å². The number of morpholine rings is 1. The SMILES string of the molecule is Cc1noc(C)c1S(=O)(=O)N(C)C[C@H]1Oc2ccc(NC(=O)CCN3CCOCC3)cc2CC(=O)N([C@H](C)CO)C[C@H]1C. The molecule has 2 aromatic rings. The molecule has 1 aromatic heterocycles. The molecular formula is C29H43N5O8S. The zero-order valence-electron chi connectivity index (χ0n) is 25.5. The van der Waals surface area contributed by atoms with E-state index in [0.29, 0.717) is 43.2 Å². The summed E-state index contributed by atoms with van der Waals surface area (Å²) in [6.07, 6.45) is -0.337. The topological polar surface area (TPSA) is 155 Å². The predicted octanol–water partition coefficient (Wildman–Crippen LogP) is 1.42. The molecule has 4 rings (SSSR count). The van der Waals surface area contributed by atoms with Gasteiger partial charge in [-0.25, -0.2) is 8.42 Å². The van der Waals surface area contributed by atoms with Crippen molar-refractivity contribution in [3.63, 3.8) is 0 Å². The van der Waals surface area contributed by atoms with Crippen LogP contribution < -0.4 is 10.1 Å². The first kappa shape index (κ1) is 32.9. The highest BCUT2D eigenvalue weighted by atomic mass is 32.2. The third-order valence-corrected chi connectivity index (χ3v) is 10.1. The van der Waals surface area contributed by atoms with Gasteiger partial charge in [0.25, 0.3) is 0 Å². The fraction of sp³-hybridized carbons (Fsp3) is 0.621. The van der Waals surface area contributed by atoms with Gasteiger partial charge in [-0.3, -0.25) is 14.5 Å². The number of likely N-dealkylation sites (N-methyl/N-ethyl adjacent to an activating group) is 1. The lowest BCUT2D eigenvalue weighted by molar-refractivity contribution is -0.134. The van der Waals surface area contributed by atoms with Crippen LogP contribution in [0.15, 0.2) is 27.6 Å². The standard InChI is InChI=1S/C29H43N5O8S/c1-19-16-34(20(2)18-35)28(37)15-23-14-24(30-27(36)8-9-33-10-12-40-13-11-33)6-7-25(23)41-26(19)17-32(5)43(38,39)29-21(3)31-42-22(29)4/h6-7,14,19-20,26,35H,8-13,15-18H2,1-5H3,(H,30,36)/t19-,20-,26-/m1/s1. The Kier molecular flexibility index (Phi) is 10.8. The van der Waals surface area contributed by atoms with Gasteiger partial charge in [-0.15, -0.1) is 0 Å². The second kappa shape index (κ2) is 14.2. The maximum atomic E-state index is 13.5. The van der Waals surface area contributed by atoms with Crippen molar-refractivity contribution in [1.82, 2.24) is 19.3 Å². The van der Waals surface area contributed by atoms with Crippen LogP contribution in [0.2, 0.25) is 0 Å². The fourth-order valence-corrected chi connectivity index (χ4v) is 6.85. The van der Waals surface area contributed by atoms with Gasteiger partial charge in [0.1, 0.15) is 22.4 Å². The number of aryl methyl sites for hydroxylation is 2. The molecule has 0 unspecified atom stereocenters. The minimum absolute atomic E-state index is 0.0101. The number of rotatable bonds is 10. The summed E-state index contributed by atoms with van der Waals surface area (Å²) in [7, 11) is -2.48.